The van der Waals surface area contributed by atoms with Crippen molar-refractivity contribution in [1.29, 1.82) is 0 Å². The highest BCUT2D eigenvalue weighted by atomic mass is 16.6. The van der Waals surface area contributed by atoms with Crippen LogP contribution >= 0.6 is 0 Å². The molecular weight excluding hydrogens is 266 g/mol. The minimum absolute atomic E-state index is 0.247. The van der Waals surface area contributed by atoms with E-state index in [0.717, 1.165) is 31.1 Å². The van der Waals surface area contributed by atoms with E-state index in [1.54, 1.807) is 0 Å². The van der Waals surface area contributed by atoms with Crippen molar-refractivity contribution < 1.29 is 9.47 Å². The van der Waals surface area contributed by atoms with Crippen LogP contribution in [0.15, 0.2) is 18.2 Å². The SMILES string of the molecule is CC1CN(C(CN)c2ccc3c(c2)OCCO3)CCN1C. The predicted octanol–water partition coefficient (Wildman–Crippen LogP) is 1.09. The topological polar surface area (TPSA) is 51.0 Å². The molecule has 1 aromatic rings. The maximum atomic E-state index is 6.06. The third-order valence-electron chi connectivity index (χ3n) is 4.61. The smallest absolute Gasteiger partial charge is 0.161 e. The molecule has 0 spiro atoms. The molecule has 2 atom stereocenters. The fourth-order valence-electron chi connectivity index (χ4n) is 3.12. The van der Waals surface area contributed by atoms with Crippen LogP contribution in [0.3, 0.4) is 0 Å². The Hall–Kier alpha value is -1.30. The number of nitrogens with zero attached hydrogens (tertiary/aromatic N) is 2. The molecule has 1 fully saturated rings. The molecule has 2 N–H and O–H groups in total. The summed E-state index contributed by atoms with van der Waals surface area (Å²) in [7, 11) is 2.18. The van der Waals surface area contributed by atoms with Gasteiger partial charge in [0.1, 0.15) is 13.2 Å². The first-order valence-electron chi connectivity index (χ1n) is 7.73. The van der Waals surface area contributed by atoms with Gasteiger partial charge in [-0.15, -0.1) is 0 Å². The summed E-state index contributed by atoms with van der Waals surface area (Å²) < 4.78 is 11.3. The van der Waals surface area contributed by atoms with Gasteiger partial charge in [0.25, 0.3) is 0 Å². The van der Waals surface area contributed by atoms with E-state index in [1.165, 1.54) is 5.56 Å². The fourth-order valence-corrected chi connectivity index (χ4v) is 3.12. The molecule has 0 amide bonds. The van der Waals surface area contributed by atoms with E-state index in [0.29, 0.717) is 25.8 Å². The zero-order valence-corrected chi connectivity index (χ0v) is 12.9. The third-order valence-corrected chi connectivity index (χ3v) is 4.61. The van der Waals surface area contributed by atoms with Gasteiger partial charge < -0.3 is 20.1 Å². The van der Waals surface area contributed by atoms with Gasteiger partial charge in [-0.05, 0) is 31.7 Å². The number of rotatable bonds is 3. The molecule has 0 aliphatic carbocycles. The molecular formula is C16H25N3O2. The molecule has 2 heterocycles. The molecule has 0 saturated carbocycles. The van der Waals surface area contributed by atoms with Gasteiger partial charge in [0.05, 0.1) is 0 Å². The van der Waals surface area contributed by atoms with Gasteiger partial charge in [0.2, 0.25) is 0 Å². The number of hydrogen-bond acceptors (Lipinski definition) is 5. The Kier molecular flexibility index (Phi) is 4.33. The molecule has 1 aromatic carbocycles. The molecule has 2 aliphatic rings. The summed E-state index contributed by atoms with van der Waals surface area (Å²) in [6, 6.07) is 7.02. The molecule has 1 saturated heterocycles. The van der Waals surface area contributed by atoms with Crippen molar-refractivity contribution in [2.24, 2.45) is 5.73 Å². The molecule has 116 valence electrons. The van der Waals surface area contributed by atoms with Gasteiger partial charge in [-0.1, -0.05) is 6.07 Å². The monoisotopic (exact) mass is 291 g/mol. The average molecular weight is 291 g/mol. The van der Waals surface area contributed by atoms with E-state index >= 15 is 0 Å². The molecule has 0 aromatic heterocycles. The Labute approximate surface area is 126 Å². The number of benzene rings is 1. The van der Waals surface area contributed by atoms with Crippen molar-refractivity contribution in [3.63, 3.8) is 0 Å². The number of likely N-dealkylation sites (N-methyl/N-ethyl adjacent to an activating group) is 1. The lowest BCUT2D eigenvalue weighted by molar-refractivity contribution is 0.0738. The number of ether oxygens (including phenoxy) is 2. The van der Waals surface area contributed by atoms with Gasteiger partial charge in [-0.2, -0.15) is 0 Å². The van der Waals surface area contributed by atoms with Crippen molar-refractivity contribution >= 4 is 0 Å². The van der Waals surface area contributed by atoms with E-state index in [4.69, 9.17) is 15.2 Å². The fraction of sp³-hybridized carbons (Fsp3) is 0.625. The minimum atomic E-state index is 0.247. The standard InChI is InChI=1S/C16H25N3O2/c1-12-11-19(6-5-18(12)2)14(10-17)13-3-4-15-16(9-13)21-8-7-20-15/h3-4,9,12,14H,5-8,10-11,17H2,1-2H3. The molecule has 21 heavy (non-hydrogen) atoms. The lowest BCUT2D eigenvalue weighted by atomic mass is 10.0. The van der Waals surface area contributed by atoms with E-state index in [2.05, 4.69) is 35.9 Å². The molecule has 5 heteroatoms. The highest BCUT2D eigenvalue weighted by Gasteiger charge is 2.27. The van der Waals surface area contributed by atoms with E-state index in [-0.39, 0.29) is 6.04 Å². The minimum Gasteiger partial charge on any atom is -0.486 e. The Morgan fingerprint density at radius 1 is 1.24 bits per heavy atom. The number of piperazine rings is 1. The third kappa shape index (κ3) is 3.00. The quantitative estimate of drug-likeness (QED) is 0.903. The van der Waals surface area contributed by atoms with Crippen LogP contribution in [-0.2, 0) is 0 Å². The van der Waals surface area contributed by atoms with Crippen LogP contribution in [0.2, 0.25) is 0 Å². The van der Waals surface area contributed by atoms with Crippen molar-refractivity contribution in [2.45, 2.75) is 19.0 Å². The summed E-state index contributed by atoms with van der Waals surface area (Å²) >= 11 is 0. The van der Waals surface area contributed by atoms with Crippen LogP contribution in [0.5, 0.6) is 11.5 Å². The second-order valence-electron chi connectivity index (χ2n) is 5.98. The first kappa shape index (κ1) is 14.6. The summed E-state index contributed by atoms with van der Waals surface area (Å²) in [6.07, 6.45) is 0. The molecule has 2 aliphatic heterocycles. The summed E-state index contributed by atoms with van der Waals surface area (Å²) in [5.41, 5.74) is 7.29. The number of fused-ring (bicyclic) bond motifs is 1. The second kappa shape index (κ2) is 6.22. The van der Waals surface area contributed by atoms with Gasteiger partial charge in [0, 0.05) is 38.3 Å². The maximum absolute atomic E-state index is 6.06. The normalized spacial score (nSPS) is 24.8. The zero-order valence-electron chi connectivity index (χ0n) is 12.9. The largest absolute Gasteiger partial charge is 0.486 e. The number of nitrogens with two attached hydrogens (primary N) is 1. The highest BCUT2D eigenvalue weighted by molar-refractivity contribution is 5.44. The average Bonchev–Trinajstić information content (AvgIpc) is 2.51. The molecule has 5 nitrogen and oxygen atoms in total. The Morgan fingerprint density at radius 2 is 2.00 bits per heavy atom. The zero-order chi connectivity index (χ0) is 14.8. The predicted molar refractivity (Wildman–Crippen MR) is 82.9 cm³/mol. The van der Waals surface area contributed by atoms with Crippen LogP contribution in [-0.4, -0.2) is 62.3 Å². The van der Waals surface area contributed by atoms with Gasteiger partial charge in [-0.3, -0.25) is 4.90 Å². The summed E-state index contributed by atoms with van der Waals surface area (Å²) in [4.78, 5) is 4.88. The first-order valence-corrected chi connectivity index (χ1v) is 7.73. The van der Waals surface area contributed by atoms with Gasteiger partial charge in [0.15, 0.2) is 11.5 Å². The van der Waals surface area contributed by atoms with E-state index in [9.17, 15) is 0 Å². The van der Waals surface area contributed by atoms with Crippen LogP contribution < -0.4 is 15.2 Å². The van der Waals surface area contributed by atoms with E-state index in [1.807, 2.05) is 6.07 Å². The first-order chi connectivity index (χ1) is 10.2. The van der Waals surface area contributed by atoms with Crippen molar-refractivity contribution in [3.8, 4) is 11.5 Å². The van der Waals surface area contributed by atoms with Crippen LogP contribution in [0.1, 0.15) is 18.5 Å². The second-order valence-corrected chi connectivity index (χ2v) is 5.98. The number of hydrogen-bond donors (Lipinski definition) is 1. The Bertz CT molecular complexity index is 494. The van der Waals surface area contributed by atoms with Crippen molar-refractivity contribution in [2.75, 3.05) is 46.4 Å². The highest BCUT2D eigenvalue weighted by Crippen LogP contribution is 2.34. The summed E-state index contributed by atoms with van der Waals surface area (Å²) in [6.45, 7) is 7.32. The van der Waals surface area contributed by atoms with E-state index < -0.39 is 0 Å². The molecule has 0 radical (unpaired) electrons. The lowest BCUT2D eigenvalue weighted by Crippen LogP contribution is -2.52. The maximum Gasteiger partial charge on any atom is 0.161 e. The van der Waals surface area contributed by atoms with Crippen LogP contribution in [0.4, 0.5) is 0 Å². The Morgan fingerprint density at radius 3 is 2.71 bits per heavy atom. The molecule has 2 unspecified atom stereocenters. The Balaban J connectivity index is 1.79. The van der Waals surface area contributed by atoms with Crippen molar-refractivity contribution in [3.05, 3.63) is 23.8 Å². The van der Waals surface area contributed by atoms with Gasteiger partial charge >= 0.3 is 0 Å². The lowest BCUT2D eigenvalue weighted by Gasteiger charge is -2.41. The molecule has 0 bridgehead atoms. The molecule has 3 rings (SSSR count). The van der Waals surface area contributed by atoms with Gasteiger partial charge in [-0.25, -0.2) is 0 Å². The summed E-state index contributed by atoms with van der Waals surface area (Å²) in [5.74, 6) is 1.69. The van der Waals surface area contributed by atoms with Crippen LogP contribution in [0.25, 0.3) is 0 Å². The van der Waals surface area contributed by atoms with Crippen LogP contribution in [0, 0.1) is 0 Å². The summed E-state index contributed by atoms with van der Waals surface area (Å²) in [5, 5.41) is 0. The van der Waals surface area contributed by atoms with Crippen molar-refractivity contribution in [1.82, 2.24) is 9.80 Å².